The van der Waals surface area contributed by atoms with Crippen molar-refractivity contribution in [3.8, 4) is 0 Å². The number of rotatable bonds is 5. The highest BCUT2D eigenvalue weighted by atomic mass is 16.1. The van der Waals surface area contributed by atoms with Gasteiger partial charge in [0.05, 0.1) is 24.6 Å². The van der Waals surface area contributed by atoms with E-state index in [0.717, 1.165) is 16.6 Å². The summed E-state index contributed by atoms with van der Waals surface area (Å²) in [6.45, 7) is 4.72. The lowest BCUT2D eigenvalue weighted by atomic mass is 10.1. The monoisotopic (exact) mass is 361 g/mol. The van der Waals surface area contributed by atoms with Crippen molar-refractivity contribution in [2.75, 3.05) is 5.32 Å². The number of aromatic nitrogens is 6. The molecule has 0 bridgehead atoms. The van der Waals surface area contributed by atoms with E-state index in [-0.39, 0.29) is 11.9 Å². The maximum atomic E-state index is 12.5. The van der Waals surface area contributed by atoms with Crippen LogP contribution in [0.2, 0.25) is 0 Å². The van der Waals surface area contributed by atoms with Gasteiger partial charge >= 0.3 is 0 Å². The molecule has 1 N–H and O–H groups in total. The van der Waals surface area contributed by atoms with Crippen LogP contribution in [0.5, 0.6) is 0 Å². The minimum absolute atomic E-state index is 0.181. The van der Waals surface area contributed by atoms with Crippen LogP contribution in [-0.2, 0) is 6.54 Å². The van der Waals surface area contributed by atoms with Gasteiger partial charge in [0.2, 0.25) is 0 Å². The van der Waals surface area contributed by atoms with Gasteiger partial charge in [-0.05, 0) is 37.6 Å². The third kappa shape index (κ3) is 3.55. The van der Waals surface area contributed by atoms with Crippen molar-refractivity contribution in [1.29, 1.82) is 0 Å². The average Bonchev–Trinajstić information content (AvgIpc) is 3.31. The first-order chi connectivity index (χ1) is 13.1. The number of anilines is 1. The fraction of sp³-hybridized carbons (Fsp3) is 0.211. The quantitative estimate of drug-likeness (QED) is 0.590. The zero-order valence-electron chi connectivity index (χ0n) is 15.1. The molecule has 1 amide bonds. The summed E-state index contributed by atoms with van der Waals surface area (Å²) >= 11 is 0. The van der Waals surface area contributed by atoms with Crippen molar-refractivity contribution >= 4 is 22.6 Å². The Morgan fingerprint density at radius 2 is 1.96 bits per heavy atom. The molecular formula is C19H19N7O. The molecule has 0 aliphatic rings. The molecule has 1 aromatic carbocycles. The topological polar surface area (TPSA) is 90.5 Å². The van der Waals surface area contributed by atoms with Crippen LogP contribution in [0.25, 0.3) is 11.0 Å². The van der Waals surface area contributed by atoms with E-state index >= 15 is 0 Å². The van der Waals surface area contributed by atoms with Gasteiger partial charge < -0.3 is 5.32 Å². The number of carbonyl (C=O) groups excluding carboxylic acids is 1. The number of nitrogens with zero attached hydrogens (tertiary/aromatic N) is 6. The van der Waals surface area contributed by atoms with Gasteiger partial charge in [-0.1, -0.05) is 12.1 Å². The van der Waals surface area contributed by atoms with Crippen LogP contribution in [0.4, 0.5) is 5.69 Å². The lowest BCUT2D eigenvalue weighted by molar-refractivity contribution is 0.102. The molecule has 0 saturated carbocycles. The minimum atomic E-state index is -0.181. The predicted molar refractivity (Wildman–Crippen MR) is 101 cm³/mol. The highest BCUT2D eigenvalue weighted by Gasteiger charge is 2.10. The molecule has 8 nitrogen and oxygen atoms in total. The first kappa shape index (κ1) is 16.9. The molecule has 4 rings (SSSR count). The second-order valence-electron chi connectivity index (χ2n) is 6.56. The number of carbonyl (C=O) groups is 1. The summed E-state index contributed by atoms with van der Waals surface area (Å²) in [6, 6.07) is 9.52. The molecule has 3 heterocycles. The number of nitrogens with one attached hydrogen (secondary N) is 1. The number of benzene rings is 1. The van der Waals surface area contributed by atoms with Gasteiger partial charge in [-0.3, -0.25) is 4.79 Å². The van der Waals surface area contributed by atoms with Crippen LogP contribution in [0.1, 0.15) is 35.8 Å². The molecule has 27 heavy (non-hydrogen) atoms. The molecule has 0 aliphatic carbocycles. The molecular weight excluding hydrogens is 342 g/mol. The molecule has 0 spiro atoms. The van der Waals surface area contributed by atoms with Gasteiger partial charge in [-0.15, -0.1) is 0 Å². The van der Waals surface area contributed by atoms with Gasteiger partial charge in [0.15, 0.2) is 5.65 Å². The Bertz CT molecular complexity index is 1070. The Hall–Kier alpha value is -3.55. The summed E-state index contributed by atoms with van der Waals surface area (Å²) in [5.41, 5.74) is 3.07. The molecule has 4 aromatic rings. The van der Waals surface area contributed by atoms with E-state index in [4.69, 9.17) is 0 Å². The summed E-state index contributed by atoms with van der Waals surface area (Å²) in [4.78, 5) is 20.9. The summed E-state index contributed by atoms with van der Waals surface area (Å²) in [6.07, 6.45) is 6.57. The third-order valence-electron chi connectivity index (χ3n) is 4.21. The SMILES string of the molecule is CC(C)n1ncc2cc(NC(=O)c3ccc(Cn4cncn4)cc3)cnc21. The Morgan fingerprint density at radius 1 is 1.15 bits per heavy atom. The summed E-state index contributed by atoms with van der Waals surface area (Å²) in [5, 5.41) is 12.2. The Labute approximate surface area is 155 Å². The largest absolute Gasteiger partial charge is 0.321 e. The standard InChI is InChI=1S/C19H19N7O/c1-13(2)26-18-16(8-22-26)7-17(9-21-18)24-19(27)15-5-3-14(4-6-15)10-25-12-20-11-23-25/h3-9,11-13H,10H2,1-2H3,(H,24,27). The van der Waals surface area contributed by atoms with Crippen molar-refractivity contribution in [2.24, 2.45) is 0 Å². The summed E-state index contributed by atoms with van der Waals surface area (Å²) in [7, 11) is 0. The first-order valence-electron chi connectivity index (χ1n) is 8.66. The lowest BCUT2D eigenvalue weighted by Gasteiger charge is -2.08. The molecule has 0 aliphatic heterocycles. The number of hydrogen-bond acceptors (Lipinski definition) is 5. The fourth-order valence-electron chi connectivity index (χ4n) is 2.85. The van der Waals surface area contributed by atoms with Crippen molar-refractivity contribution < 1.29 is 4.79 Å². The second kappa shape index (κ2) is 6.99. The van der Waals surface area contributed by atoms with E-state index in [2.05, 4.69) is 39.3 Å². The summed E-state index contributed by atoms with van der Waals surface area (Å²) in [5.74, 6) is -0.181. The zero-order chi connectivity index (χ0) is 18.8. The van der Waals surface area contributed by atoms with E-state index in [0.29, 0.717) is 17.8 Å². The Morgan fingerprint density at radius 3 is 2.67 bits per heavy atom. The fourth-order valence-corrected chi connectivity index (χ4v) is 2.85. The lowest BCUT2D eigenvalue weighted by Crippen LogP contribution is -2.12. The molecule has 3 aromatic heterocycles. The molecule has 0 radical (unpaired) electrons. The number of hydrogen-bond donors (Lipinski definition) is 1. The molecule has 0 unspecified atom stereocenters. The van der Waals surface area contributed by atoms with Gasteiger partial charge in [0.25, 0.3) is 5.91 Å². The molecule has 136 valence electrons. The van der Waals surface area contributed by atoms with E-state index in [1.807, 2.05) is 22.9 Å². The van der Waals surface area contributed by atoms with Crippen LogP contribution in [-0.4, -0.2) is 35.4 Å². The normalized spacial score (nSPS) is 11.2. The van der Waals surface area contributed by atoms with Crippen LogP contribution >= 0.6 is 0 Å². The zero-order valence-corrected chi connectivity index (χ0v) is 15.1. The van der Waals surface area contributed by atoms with Crippen molar-refractivity contribution in [2.45, 2.75) is 26.4 Å². The number of amides is 1. The van der Waals surface area contributed by atoms with Crippen molar-refractivity contribution in [3.63, 3.8) is 0 Å². The van der Waals surface area contributed by atoms with Gasteiger partial charge in [0.1, 0.15) is 12.7 Å². The van der Waals surface area contributed by atoms with E-state index in [1.54, 1.807) is 35.5 Å². The number of pyridine rings is 1. The second-order valence-corrected chi connectivity index (χ2v) is 6.56. The maximum absolute atomic E-state index is 12.5. The van der Waals surface area contributed by atoms with Crippen molar-refractivity contribution in [1.82, 2.24) is 29.5 Å². The van der Waals surface area contributed by atoms with E-state index in [9.17, 15) is 4.79 Å². The van der Waals surface area contributed by atoms with Gasteiger partial charge in [-0.25, -0.2) is 19.3 Å². The van der Waals surface area contributed by atoms with Crippen LogP contribution in [0.15, 0.2) is 55.4 Å². The number of fused-ring (bicyclic) bond motifs is 1. The molecule has 8 heteroatoms. The highest BCUT2D eigenvalue weighted by Crippen LogP contribution is 2.19. The first-order valence-corrected chi connectivity index (χ1v) is 8.66. The minimum Gasteiger partial charge on any atom is -0.321 e. The molecule has 0 fully saturated rings. The van der Waals surface area contributed by atoms with Crippen LogP contribution < -0.4 is 5.32 Å². The Balaban J connectivity index is 1.47. The smallest absolute Gasteiger partial charge is 0.255 e. The average molecular weight is 361 g/mol. The summed E-state index contributed by atoms with van der Waals surface area (Å²) < 4.78 is 3.59. The van der Waals surface area contributed by atoms with Crippen LogP contribution in [0, 0.1) is 0 Å². The van der Waals surface area contributed by atoms with Gasteiger partial charge in [-0.2, -0.15) is 10.2 Å². The molecule has 0 atom stereocenters. The third-order valence-corrected chi connectivity index (χ3v) is 4.21. The van der Waals surface area contributed by atoms with E-state index < -0.39 is 0 Å². The van der Waals surface area contributed by atoms with Crippen LogP contribution in [0.3, 0.4) is 0 Å². The van der Waals surface area contributed by atoms with Gasteiger partial charge in [0, 0.05) is 17.0 Å². The maximum Gasteiger partial charge on any atom is 0.255 e. The van der Waals surface area contributed by atoms with Crippen molar-refractivity contribution in [3.05, 3.63) is 66.5 Å². The predicted octanol–water partition coefficient (Wildman–Crippen LogP) is 2.90. The highest BCUT2D eigenvalue weighted by molar-refractivity contribution is 6.04. The molecule has 0 saturated heterocycles. The van der Waals surface area contributed by atoms with E-state index in [1.165, 1.54) is 6.33 Å². The Kier molecular flexibility index (Phi) is 4.37.